The highest BCUT2D eigenvalue weighted by Crippen LogP contribution is 2.36. The second-order valence-electron chi connectivity index (χ2n) is 13.8. The van der Waals surface area contributed by atoms with Gasteiger partial charge in [-0.25, -0.2) is 87.8 Å². The molecule has 6 rings (SSSR count). The Kier molecular flexibility index (Phi) is 14.0. The third-order valence-corrected chi connectivity index (χ3v) is 11.0. The Hall–Kier alpha value is -5.62. The van der Waals surface area contributed by atoms with E-state index in [2.05, 4.69) is 41.6 Å². The van der Waals surface area contributed by atoms with E-state index in [1.807, 2.05) is 49.4 Å². The zero-order valence-electron chi connectivity index (χ0n) is 31.3. The molecule has 23 heteroatoms. The average Bonchev–Trinajstić information content (AvgIpc) is 3.26. The van der Waals surface area contributed by atoms with Crippen molar-refractivity contribution >= 4 is 56.4 Å². The standard InChI is InChI=1S/C24BF20.C17H17IO/c26-5-1(6(27)14(35)21(42)13(5)34)25(2-7(28)15(36)22(43)16(37)8(2)29,3-9(30)17(38)23(44)18(39)10(3)31)4-11(32)19(40)24(45)20(41)12(4)33;1-13-8-6-7-11-15(13)16(19)12-17(2,18)14-9-4-3-5-10-14/h;3-11H,12H2,1-2H3/q-1;. The molecular weight excluding hydrogens is 1030 g/mol. The molecule has 1 unspecified atom stereocenters. The van der Waals surface area contributed by atoms with Crippen LogP contribution < -0.4 is 21.9 Å². The van der Waals surface area contributed by atoms with Crippen LogP contribution in [0.15, 0.2) is 54.6 Å². The molecule has 0 saturated heterocycles. The molecular formula is C41H17BF20IO-. The maximum atomic E-state index is 15.4. The molecule has 6 aromatic carbocycles. The molecule has 338 valence electrons. The van der Waals surface area contributed by atoms with Crippen LogP contribution in [0.1, 0.15) is 34.8 Å². The van der Waals surface area contributed by atoms with Crippen LogP contribution in [-0.2, 0) is 3.42 Å². The van der Waals surface area contributed by atoms with Crippen molar-refractivity contribution in [1.82, 2.24) is 0 Å². The lowest BCUT2D eigenvalue weighted by Gasteiger charge is -2.44. The predicted octanol–water partition coefficient (Wildman–Crippen LogP) is 10.8. The summed E-state index contributed by atoms with van der Waals surface area (Å²) in [5.74, 6) is -71.2. The summed E-state index contributed by atoms with van der Waals surface area (Å²) in [4.78, 5) is 12.4. The number of hydrogen-bond donors (Lipinski definition) is 0. The van der Waals surface area contributed by atoms with Gasteiger partial charge in [-0.05, 0) is 25.0 Å². The minimum absolute atomic E-state index is 0.168. The number of hydrogen-bond acceptors (Lipinski definition) is 1. The summed E-state index contributed by atoms with van der Waals surface area (Å²) in [7, 11) is 0. The van der Waals surface area contributed by atoms with Gasteiger partial charge in [0.05, 0.1) is 3.42 Å². The molecule has 0 heterocycles. The Morgan fingerprint density at radius 1 is 0.406 bits per heavy atom. The highest BCUT2D eigenvalue weighted by atomic mass is 127. The first kappa shape index (κ1) is 49.4. The maximum absolute atomic E-state index is 15.4. The number of ketones is 1. The molecule has 0 bridgehead atoms. The zero-order chi connectivity index (χ0) is 48.2. The number of aryl methyl sites for hydroxylation is 1. The van der Waals surface area contributed by atoms with E-state index in [-0.39, 0.29) is 9.20 Å². The highest BCUT2D eigenvalue weighted by molar-refractivity contribution is 14.1. The largest absolute Gasteiger partial charge is 0.294 e. The van der Waals surface area contributed by atoms with Gasteiger partial charge in [-0.1, -0.05) is 77.2 Å². The molecule has 0 aliphatic carbocycles. The molecule has 0 amide bonds. The van der Waals surface area contributed by atoms with Crippen molar-refractivity contribution in [2.75, 3.05) is 0 Å². The molecule has 0 aromatic heterocycles. The summed E-state index contributed by atoms with van der Waals surface area (Å²) in [6.45, 7) is 4.10. The fourth-order valence-electron chi connectivity index (χ4n) is 7.04. The molecule has 0 fully saturated rings. The first-order valence-corrected chi connectivity index (χ1v) is 18.4. The lowest BCUT2D eigenvalue weighted by Crippen LogP contribution is -2.81. The number of carbonyl (C=O) groups is 1. The summed E-state index contributed by atoms with van der Waals surface area (Å²) in [5.41, 5.74) is -11.3. The Bertz CT molecular complexity index is 2490. The number of halogens is 21. The van der Waals surface area contributed by atoms with E-state index in [0.717, 1.165) is 11.1 Å². The number of alkyl halides is 1. The summed E-state index contributed by atoms with van der Waals surface area (Å²) in [5, 5.41) is 0. The molecule has 0 saturated carbocycles. The van der Waals surface area contributed by atoms with Crippen molar-refractivity contribution in [2.24, 2.45) is 0 Å². The lowest BCUT2D eigenvalue weighted by atomic mass is 9.12. The van der Waals surface area contributed by atoms with Gasteiger partial charge in [0.2, 0.25) is 0 Å². The third-order valence-electron chi connectivity index (χ3n) is 10.0. The Balaban J connectivity index is 0.000000337. The minimum atomic E-state index is -7.22. The van der Waals surface area contributed by atoms with Gasteiger partial charge < -0.3 is 0 Å². The van der Waals surface area contributed by atoms with Gasteiger partial charge in [-0.15, -0.1) is 21.9 Å². The fraction of sp³-hybridized carbons (Fsp3) is 0.0976. The number of rotatable bonds is 8. The fourth-order valence-corrected chi connectivity index (χ4v) is 7.75. The summed E-state index contributed by atoms with van der Waals surface area (Å²) in [6, 6.07) is 18.0. The number of benzene rings is 6. The normalized spacial score (nSPS) is 12.5. The van der Waals surface area contributed by atoms with Gasteiger partial charge in [0.15, 0.2) is 75.6 Å². The second kappa shape index (κ2) is 18.1. The van der Waals surface area contributed by atoms with Crippen LogP contribution in [-0.4, -0.2) is 11.9 Å². The molecule has 0 spiro atoms. The molecule has 1 nitrogen and oxygen atoms in total. The van der Waals surface area contributed by atoms with Crippen molar-refractivity contribution in [3.05, 3.63) is 188 Å². The van der Waals surface area contributed by atoms with E-state index in [0.29, 0.717) is 6.42 Å². The summed E-state index contributed by atoms with van der Waals surface area (Å²) < 4.78 is 294. The van der Waals surface area contributed by atoms with Gasteiger partial charge in [-0.2, -0.15) is 0 Å². The molecule has 0 aliphatic rings. The van der Waals surface area contributed by atoms with Gasteiger partial charge in [-0.3, -0.25) is 4.79 Å². The Labute approximate surface area is 359 Å². The third kappa shape index (κ3) is 7.86. The van der Waals surface area contributed by atoms with Crippen LogP contribution in [0.2, 0.25) is 0 Å². The minimum Gasteiger partial charge on any atom is -0.294 e. The molecule has 0 N–H and O–H groups in total. The molecule has 64 heavy (non-hydrogen) atoms. The molecule has 0 radical (unpaired) electrons. The zero-order valence-corrected chi connectivity index (χ0v) is 33.5. The molecule has 1 atom stereocenters. The first-order chi connectivity index (χ1) is 29.7. The van der Waals surface area contributed by atoms with Crippen molar-refractivity contribution in [3.63, 3.8) is 0 Å². The van der Waals surface area contributed by atoms with Crippen molar-refractivity contribution in [3.8, 4) is 0 Å². The monoisotopic (exact) mass is 1040 g/mol. The Morgan fingerprint density at radius 2 is 0.641 bits per heavy atom. The summed E-state index contributed by atoms with van der Waals surface area (Å²) >= 11 is 2.37. The van der Waals surface area contributed by atoms with Crippen LogP contribution in [0, 0.1) is 123 Å². The van der Waals surface area contributed by atoms with Crippen LogP contribution in [0.25, 0.3) is 0 Å². The van der Waals surface area contributed by atoms with Gasteiger partial charge >= 0.3 is 0 Å². The van der Waals surface area contributed by atoms with E-state index < -0.39 is 144 Å². The van der Waals surface area contributed by atoms with E-state index in [4.69, 9.17) is 0 Å². The van der Waals surface area contributed by atoms with Crippen molar-refractivity contribution in [1.29, 1.82) is 0 Å². The van der Waals surface area contributed by atoms with Crippen molar-refractivity contribution < 1.29 is 92.6 Å². The topological polar surface area (TPSA) is 17.1 Å². The molecule has 0 aliphatic heterocycles. The van der Waals surface area contributed by atoms with Gasteiger partial charge in [0.1, 0.15) is 52.7 Å². The van der Waals surface area contributed by atoms with Crippen LogP contribution in [0.5, 0.6) is 0 Å². The van der Waals surface area contributed by atoms with Gasteiger partial charge in [0.25, 0.3) is 0 Å². The van der Waals surface area contributed by atoms with Crippen LogP contribution in [0.3, 0.4) is 0 Å². The predicted molar refractivity (Wildman–Crippen MR) is 197 cm³/mol. The quantitative estimate of drug-likeness (QED) is 0.0282. The van der Waals surface area contributed by atoms with E-state index in [1.165, 1.54) is 5.56 Å². The molecule has 6 aromatic rings. The Morgan fingerprint density at radius 3 is 0.906 bits per heavy atom. The van der Waals surface area contributed by atoms with Crippen LogP contribution in [0.4, 0.5) is 87.8 Å². The number of Topliss-reactive ketones (excluding diaryl/α,β-unsaturated/α-hetero) is 1. The average molecular weight is 1040 g/mol. The van der Waals surface area contributed by atoms with E-state index in [1.54, 1.807) is 0 Å². The second-order valence-corrected chi connectivity index (χ2v) is 16.2. The van der Waals surface area contributed by atoms with Crippen LogP contribution >= 0.6 is 22.6 Å². The summed E-state index contributed by atoms with van der Waals surface area (Å²) in [6.07, 6.45) is -6.70. The van der Waals surface area contributed by atoms with E-state index in [9.17, 15) is 57.5 Å². The first-order valence-electron chi connectivity index (χ1n) is 17.3. The van der Waals surface area contributed by atoms with E-state index >= 15 is 35.1 Å². The lowest BCUT2D eigenvalue weighted by molar-refractivity contribution is 0.0972. The maximum Gasteiger partial charge on any atom is 0.200 e. The smallest absolute Gasteiger partial charge is 0.200 e. The van der Waals surface area contributed by atoms with Gasteiger partial charge in [0, 0.05) is 12.0 Å². The number of carbonyl (C=O) groups excluding carboxylic acids is 1. The van der Waals surface area contributed by atoms with Crippen molar-refractivity contribution in [2.45, 2.75) is 23.7 Å². The highest BCUT2D eigenvalue weighted by Gasteiger charge is 2.52. The SMILES string of the molecule is Cc1ccccc1C(=O)CC(C)(I)c1ccccc1.Fc1c(F)c(F)c([B-](c2c(F)c(F)c(F)c(F)c2F)(c2c(F)c(F)c(F)c(F)c2F)c2c(F)c(F)c(F)c(F)c2F)c(F)c1F.